The number of carbonyl (C=O) groups excluding carboxylic acids is 2. The van der Waals surface area contributed by atoms with Gasteiger partial charge in [-0.25, -0.2) is 0 Å². The van der Waals surface area contributed by atoms with Crippen molar-refractivity contribution in [3.8, 4) is 11.5 Å². The third-order valence-electron chi connectivity index (χ3n) is 5.39. The van der Waals surface area contributed by atoms with E-state index in [2.05, 4.69) is 5.32 Å². The maximum atomic E-state index is 13.4. The molecule has 0 unspecified atom stereocenters. The van der Waals surface area contributed by atoms with Gasteiger partial charge in [0.1, 0.15) is 17.5 Å². The summed E-state index contributed by atoms with van der Waals surface area (Å²) < 4.78 is 10.5. The zero-order chi connectivity index (χ0) is 22.8. The van der Waals surface area contributed by atoms with E-state index < -0.39 is 6.04 Å². The molecule has 0 saturated carbocycles. The number of benzene rings is 2. The van der Waals surface area contributed by atoms with E-state index in [9.17, 15) is 9.59 Å². The number of amides is 2. The molecule has 0 aliphatic rings. The van der Waals surface area contributed by atoms with Crippen LogP contribution in [-0.2, 0) is 22.6 Å². The summed E-state index contributed by atoms with van der Waals surface area (Å²) in [6, 6.07) is 14.5. The van der Waals surface area contributed by atoms with E-state index >= 15 is 0 Å². The molecule has 0 aliphatic heterocycles. The zero-order valence-electron chi connectivity index (χ0n) is 19.2. The molecule has 1 N–H and O–H groups in total. The van der Waals surface area contributed by atoms with Gasteiger partial charge >= 0.3 is 0 Å². The molecule has 0 bridgehead atoms. The quantitative estimate of drug-likeness (QED) is 0.590. The van der Waals surface area contributed by atoms with Gasteiger partial charge in [0.05, 0.1) is 20.6 Å². The number of nitrogens with zero attached hydrogens (tertiary/aromatic N) is 1. The molecule has 2 amide bonds. The van der Waals surface area contributed by atoms with Gasteiger partial charge in [-0.1, -0.05) is 38.1 Å². The van der Waals surface area contributed by atoms with E-state index in [1.54, 1.807) is 19.1 Å². The van der Waals surface area contributed by atoms with Crippen molar-refractivity contribution >= 4 is 11.8 Å². The van der Waals surface area contributed by atoms with Crippen LogP contribution in [0.15, 0.2) is 48.5 Å². The molecule has 6 heteroatoms. The fraction of sp³-hybridized carbons (Fsp3) is 0.440. The van der Waals surface area contributed by atoms with E-state index in [0.29, 0.717) is 13.0 Å². The third kappa shape index (κ3) is 7.02. The summed E-state index contributed by atoms with van der Waals surface area (Å²) >= 11 is 0. The van der Waals surface area contributed by atoms with Crippen LogP contribution in [0.25, 0.3) is 0 Å². The maximum absolute atomic E-state index is 13.4. The molecule has 2 rings (SSSR count). The predicted molar refractivity (Wildman–Crippen MR) is 122 cm³/mol. The minimum atomic E-state index is -0.550. The second-order valence-corrected chi connectivity index (χ2v) is 7.64. The normalized spacial score (nSPS) is 12.5. The molecular formula is C25H34N2O4. The SMILES string of the molecule is CC[C@@H](C)NC(=O)[C@H](CC)N(Cc1cccc(OC)c1)C(=O)Cc1ccc(OC)cc1. The van der Waals surface area contributed by atoms with Crippen LogP contribution in [0.5, 0.6) is 11.5 Å². The Morgan fingerprint density at radius 1 is 0.935 bits per heavy atom. The van der Waals surface area contributed by atoms with Crippen molar-refractivity contribution in [2.24, 2.45) is 0 Å². The van der Waals surface area contributed by atoms with Crippen LogP contribution in [0.4, 0.5) is 0 Å². The van der Waals surface area contributed by atoms with Crippen molar-refractivity contribution in [1.82, 2.24) is 10.2 Å². The molecule has 0 aliphatic carbocycles. The number of rotatable bonds is 11. The average molecular weight is 427 g/mol. The number of nitrogens with one attached hydrogen (secondary N) is 1. The summed E-state index contributed by atoms with van der Waals surface area (Å²) in [5, 5.41) is 3.03. The van der Waals surface area contributed by atoms with Crippen LogP contribution < -0.4 is 14.8 Å². The fourth-order valence-corrected chi connectivity index (χ4v) is 3.35. The van der Waals surface area contributed by atoms with Crippen molar-refractivity contribution in [2.45, 2.75) is 58.7 Å². The highest BCUT2D eigenvalue weighted by molar-refractivity contribution is 5.88. The first-order valence-corrected chi connectivity index (χ1v) is 10.8. The molecule has 168 valence electrons. The molecule has 0 radical (unpaired) electrons. The summed E-state index contributed by atoms with van der Waals surface area (Å²) in [4.78, 5) is 28.0. The van der Waals surface area contributed by atoms with Crippen molar-refractivity contribution in [2.75, 3.05) is 14.2 Å². The van der Waals surface area contributed by atoms with Crippen LogP contribution in [-0.4, -0.2) is 43.0 Å². The monoisotopic (exact) mass is 426 g/mol. The summed E-state index contributed by atoms with van der Waals surface area (Å²) in [6.45, 7) is 6.25. The minimum Gasteiger partial charge on any atom is -0.497 e. The standard InChI is InChI=1S/C25H34N2O4/c1-6-18(3)26-25(29)23(7-2)27(17-20-9-8-10-22(15-20)31-5)24(28)16-19-11-13-21(30-4)14-12-19/h8-15,18,23H,6-7,16-17H2,1-5H3,(H,26,29)/t18-,23+/m1/s1. The Hall–Kier alpha value is -3.02. The van der Waals surface area contributed by atoms with Gasteiger partial charge in [0.2, 0.25) is 11.8 Å². The Kier molecular flexibility index (Phi) is 9.38. The smallest absolute Gasteiger partial charge is 0.243 e. The molecule has 2 atom stereocenters. The number of methoxy groups -OCH3 is 2. The van der Waals surface area contributed by atoms with Crippen LogP contribution in [0.3, 0.4) is 0 Å². The molecule has 0 spiro atoms. The van der Waals surface area contributed by atoms with Crippen molar-refractivity contribution < 1.29 is 19.1 Å². The summed E-state index contributed by atoms with van der Waals surface area (Å²) in [7, 11) is 3.22. The first-order valence-electron chi connectivity index (χ1n) is 10.8. The number of hydrogen-bond donors (Lipinski definition) is 1. The molecule has 0 aromatic heterocycles. The maximum Gasteiger partial charge on any atom is 0.243 e. The Balaban J connectivity index is 2.29. The predicted octanol–water partition coefficient (Wildman–Crippen LogP) is 3.97. The van der Waals surface area contributed by atoms with E-state index in [-0.39, 0.29) is 24.3 Å². The lowest BCUT2D eigenvalue weighted by Crippen LogP contribution is -2.51. The van der Waals surface area contributed by atoms with E-state index in [1.807, 2.05) is 69.3 Å². The van der Waals surface area contributed by atoms with Gasteiger partial charge in [0.25, 0.3) is 0 Å². The highest BCUT2D eigenvalue weighted by Gasteiger charge is 2.29. The summed E-state index contributed by atoms with van der Waals surface area (Å²) in [6.07, 6.45) is 1.57. The van der Waals surface area contributed by atoms with Gasteiger partial charge in [-0.15, -0.1) is 0 Å². The lowest BCUT2D eigenvalue weighted by atomic mass is 10.1. The van der Waals surface area contributed by atoms with Gasteiger partial charge in [0.15, 0.2) is 0 Å². The van der Waals surface area contributed by atoms with Crippen LogP contribution in [0.1, 0.15) is 44.7 Å². The molecule has 0 heterocycles. The van der Waals surface area contributed by atoms with Crippen molar-refractivity contribution in [3.05, 3.63) is 59.7 Å². The highest BCUT2D eigenvalue weighted by Crippen LogP contribution is 2.19. The van der Waals surface area contributed by atoms with E-state index in [0.717, 1.165) is 29.0 Å². The van der Waals surface area contributed by atoms with Gasteiger partial charge in [0, 0.05) is 12.6 Å². The molecule has 2 aromatic carbocycles. The summed E-state index contributed by atoms with van der Waals surface area (Å²) in [5.41, 5.74) is 1.79. The average Bonchev–Trinajstić information content (AvgIpc) is 2.79. The molecular weight excluding hydrogens is 392 g/mol. The second-order valence-electron chi connectivity index (χ2n) is 7.64. The van der Waals surface area contributed by atoms with Gasteiger partial charge in [-0.3, -0.25) is 9.59 Å². The Morgan fingerprint density at radius 2 is 1.61 bits per heavy atom. The van der Waals surface area contributed by atoms with E-state index in [4.69, 9.17) is 9.47 Å². The first-order chi connectivity index (χ1) is 14.9. The van der Waals surface area contributed by atoms with Gasteiger partial charge in [-0.05, 0) is 55.2 Å². The minimum absolute atomic E-state index is 0.0527. The first kappa shape index (κ1) is 24.3. The Morgan fingerprint density at radius 3 is 2.19 bits per heavy atom. The summed E-state index contributed by atoms with van der Waals surface area (Å²) in [5.74, 6) is 1.24. The number of hydrogen-bond acceptors (Lipinski definition) is 4. The lowest BCUT2D eigenvalue weighted by Gasteiger charge is -2.31. The Labute approximate surface area is 185 Å². The van der Waals surface area contributed by atoms with Gasteiger partial charge in [-0.2, -0.15) is 0 Å². The van der Waals surface area contributed by atoms with Crippen LogP contribution in [0, 0.1) is 0 Å². The van der Waals surface area contributed by atoms with Crippen LogP contribution in [0.2, 0.25) is 0 Å². The highest BCUT2D eigenvalue weighted by atomic mass is 16.5. The Bertz CT molecular complexity index is 851. The molecule has 0 fully saturated rings. The fourth-order valence-electron chi connectivity index (χ4n) is 3.35. The zero-order valence-corrected chi connectivity index (χ0v) is 19.2. The number of ether oxygens (including phenoxy) is 2. The molecule has 2 aromatic rings. The topological polar surface area (TPSA) is 67.9 Å². The van der Waals surface area contributed by atoms with Crippen molar-refractivity contribution in [3.63, 3.8) is 0 Å². The van der Waals surface area contributed by atoms with Crippen LogP contribution >= 0.6 is 0 Å². The molecule has 0 saturated heterocycles. The largest absolute Gasteiger partial charge is 0.497 e. The third-order valence-corrected chi connectivity index (χ3v) is 5.39. The van der Waals surface area contributed by atoms with Crippen molar-refractivity contribution in [1.29, 1.82) is 0 Å². The van der Waals surface area contributed by atoms with E-state index in [1.165, 1.54) is 0 Å². The lowest BCUT2D eigenvalue weighted by molar-refractivity contribution is -0.141. The second kappa shape index (κ2) is 12.0. The van der Waals surface area contributed by atoms with Gasteiger partial charge < -0.3 is 19.7 Å². The number of carbonyl (C=O) groups is 2. The molecule has 31 heavy (non-hydrogen) atoms. The molecule has 6 nitrogen and oxygen atoms in total.